The first-order valence-corrected chi connectivity index (χ1v) is 13.0. The van der Waals surface area contributed by atoms with Crippen molar-refractivity contribution in [1.29, 1.82) is 0 Å². The van der Waals surface area contributed by atoms with Crippen LogP contribution in [-0.2, 0) is 17.8 Å². The molecule has 33 heavy (non-hydrogen) atoms. The molecule has 0 aromatic carbocycles. The Bertz CT molecular complexity index is 921. The highest BCUT2D eigenvalue weighted by atomic mass is 16.6. The summed E-state index contributed by atoms with van der Waals surface area (Å²) < 4.78 is 5.76. The second-order valence-corrected chi connectivity index (χ2v) is 11.8. The fraction of sp³-hybridized carbons (Fsp3) is 0.778. The molecule has 0 amide bonds. The van der Waals surface area contributed by atoms with Crippen molar-refractivity contribution in [3.63, 3.8) is 0 Å². The van der Waals surface area contributed by atoms with E-state index >= 15 is 0 Å². The van der Waals surface area contributed by atoms with E-state index in [9.17, 15) is 5.11 Å². The van der Waals surface area contributed by atoms with E-state index in [1.54, 1.807) is 11.8 Å². The van der Waals surface area contributed by atoms with Crippen LogP contribution in [-0.4, -0.2) is 47.5 Å². The van der Waals surface area contributed by atoms with Crippen molar-refractivity contribution in [3.05, 3.63) is 29.5 Å². The van der Waals surface area contributed by atoms with Crippen molar-refractivity contribution >= 4 is 5.71 Å². The van der Waals surface area contributed by atoms with E-state index in [4.69, 9.17) is 9.25 Å². The summed E-state index contributed by atoms with van der Waals surface area (Å²) in [4.78, 5) is 12.1. The second-order valence-electron chi connectivity index (χ2n) is 11.8. The number of aromatic nitrogens is 1. The van der Waals surface area contributed by atoms with Crippen LogP contribution in [0.15, 0.2) is 27.4 Å². The number of nitrogens with zero attached hydrogens (tertiary/aromatic N) is 3. The van der Waals surface area contributed by atoms with Gasteiger partial charge in [0.15, 0.2) is 5.89 Å². The molecule has 0 spiro atoms. The van der Waals surface area contributed by atoms with Crippen LogP contribution in [0.4, 0.5) is 0 Å². The minimum Gasteiger partial charge on any atom is -0.444 e. The van der Waals surface area contributed by atoms with Crippen LogP contribution in [0.5, 0.6) is 0 Å². The van der Waals surface area contributed by atoms with Crippen LogP contribution in [0.25, 0.3) is 0 Å². The zero-order valence-corrected chi connectivity index (χ0v) is 20.8. The first-order valence-electron chi connectivity index (χ1n) is 13.0. The molecule has 4 aliphatic carbocycles. The third kappa shape index (κ3) is 4.18. The number of aliphatic hydroxyl groups is 1. The highest BCUT2D eigenvalue weighted by molar-refractivity contribution is 5.96. The summed E-state index contributed by atoms with van der Waals surface area (Å²) in [6.07, 6.45) is 13.9. The topological polar surface area (TPSA) is 71.1 Å². The summed E-state index contributed by atoms with van der Waals surface area (Å²) in [5.74, 6) is 3.82. The third-order valence-corrected chi connectivity index (χ3v) is 9.59. The lowest BCUT2D eigenvalue weighted by molar-refractivity contribution is -0.0722. The minimum atomic E-state index is -0.0913. The Morgan fingerprint density at radius 3 is 2.82 bits per heavy atom. The Hall–Kier alpha value is -1.66. The number of hydrogen-bond acceptors (Lipinski definition) is 6. The van der Waals surface area contributed by atoms with E-state index in [1.165, 1.54) is 38.5 Å². The quantitative estimate of drug-likeness (QED) is 0.484. The van der Waals surface area contributed by atoms with Gasteiger partial charge in [-0.05, 0) is 100 Å². The highest BCUT2D eigenvalue weighted by Gasteiger charge is 2.58. The van der Waals surface area contributed by atoms with Gasteiger partial charge in [-0.2, -0.15) is 0 Å². The molecular weight excluding hydrogens is 414 g/mol. The maximum Gasteiger partial charge on any atom is 0.197 e. The van der Waals surface area contributed by atoms with Gasteiger partial charge in [0.2, 0.25) is 0 Å². The Labute approximate surface area is 198 Å². The molecule has 5 rings (SSSR count). The largest absolute Gasteiger partial charge is 0.444 e. The van der Waals surface area contributed by atoms with Crippen LogP contribution in [0.3, 0.4) is 0 Å². The van der Waals surface area contributed by atoms with Crippen molar-refractivity contribution in [1.82, 2.24) is 9.88 Å². The van der Waals surface area contributed by atoms with Crippen LogP contribution < -0.4 is 0 Å². The van der Waals surface area contributed by atoms with Crippen molar-refractivity contribution < 1.29 is 14.4 Å². The standard InChI is InChI=1S/C27H41N3O3/c1-26-12-9-19(29-32-14-11-25-28-16-20(33-25)17-30(3)4)15-18(26)5-6-21-22-7-8-24(31)27(22,2)13-10-23(21)26/h15-16,21-24,31H,5-14,17H2,1-4H3. The Morgan fingerprint density at radius 2 is 2.00 bits per heavy atom. The lowest BCUT2D eigenvalue weighted by atomic mass is 9.47. The van der Waals surface area contributed by atoms with E-state index in [0.717, 1.165) is 42.7 Å². The molecule has 0 saturated heterocycles. The van der Waals surface area contributed by atoms with Crippen LogP contribution in [0.1, 0.15) is 76.9 Å². The fourth-order valence-corrected chi connectivity index (χ4v) is 7.73. The molecule has 1 aromatic rings. The van der Waals surface area contributed by atoms with Gasteiger partial charge in [0.05, 0.1) is 31.0 Å². The monoisotopic (exact) mass is 455 g/mol. The fourth-order valence-electron chi connectivity index (χ4n) is 7.73. The summed E-state index contributed by atoms with van der Waals surface area (Å²) >= 11 is 0. The van der Waals surface area contributed by atoms with Crippen molar-refractivity contribution in [3.8, 4) is 0 Å². The van der Waals surface area contributed by atoms with E-state index in [1.807, 2.05) is 14.1 Å². The molecule has 0 aliphatic heterocycles. The molecule has 3 saturated carbocycles. The molecule has 1 N–H and O–H groups in total. The number of oxazole rings is 1. The molecule has 3 fully saturated rings. The summed E-state index contributed by atoms with van der Waals surface area (Å²) in [6.45, 7) is 6.11. The molecule has 6 nitrogen and oxygen atoms in total. The van der Waals surface area contributed by atoms with Gasteiger partial charge in [0.1, 0.15) is 12.4 Å². The van der Waals surface area contributed by atoms with Crippen LogP contribution in [0.2, 0.25) is 0 Å². The Balaban J connectivity index is 1.20. The van der Waals surface area contributed by atoms with Gasteiger partial charge >= 0.3 is 0 Å². The van der Waals surface area contributed by atoms with Crippen LogP contribution >= 0.6 is 0 Å². The summed E-state index contributed by atoms with van der Waals surface area (Å²) in [7, 11) is 4.03. The van der Waals surface area contributed by atoms with Gasteiger partial charge < -0.3 is 19.3 Å². The van der Waals surface area contributed by atoms with E-state index < -0.39 is 0 Å². The smallest absolute Gasteiger partial charge is 0.197 e. The average molecular weight is 456 g/mol. The molecule has 1 aromatic heterocycles. The molecule has 4 aliphatic rings. The molecule has 0 radical (unpaired) electrons. The maximum absolute atomic E-state index is 10.7. The number of aliphatic hydroxyl groups excluding tert-OH is 1. The van der Waals surface area contributed by atoms with Gasteiger partial charge in [-0.15, -0.1) is 0 Å². The van der Waals surface area contributed by atoms with Gasteiger partial charge in [-0.25, -0.2) is 4.98 Å². The SMILES string of the molecule is CN(C)Cc1cnc(CCON=C2C=C3CCC4C(CCC5(C)C(O)CCC45)C3(C)CC2)o1. The zero-order valence-electron chi connectivity index (χ0n) is 20.8. The summed E-state index contributed by atoms with van der Waals surface area (Å²) in [5.41, 5.74) is 3.11. The number of allylic oxidation sites excluding steroid dienone is 2. The second kappa shape index (κ2) is 8.84. The lowest BCUT2D eigenvalue weighted by Gasteiger charge is -2.57. The number of fused-ring (bicyclic) bond motifs is 5. The number of hydrogen-bond donors (Lipinski definition) is 1. The molecule has 6 heteroatoms. The maximum atomic E-state index is 10.7. The van der Waals surface area contributed by atoms with Gasteiger partial charge in [-0.1, -0.05) is 24.6 Å². The molecule has 182 valence electrons. The van der Waals surface area contributed by atoms with Gasteiger partial charge in [-0.3, -0.25) is 0 Å². The van der Waals surface area contributed by atoms with Crippen molar-refractivity contribution in [2.24, 2.45) is 33.7 Å². The van der Waals surface area contributed by atoms with Gasteiger partial charge in [0, 0.05) is 0 Å². The van der Waals surface area contributed by atoms with Crippen molar-refractivity contribution in [2.75, 3.05) is 20.7 Å². The highest BCUT2D eigenvalue weighted by Crippen LogP contribution is 2.65. The third-order valence-electron chi connectivity index (χ3n) is 9.59. The lowest BCUT2D eigenvalue weighted by Crippen LogP contribution is -2.51. The zero-order chi connectivity index (χ0) is 23.2. The molecule has 6 unspecified atom stereocenters. The average Bonchev–Trinajstić information content (AvgIpc) is 3.34. The summed E-state index contributed by atoms with van der Waals surface area (Å²) in [5, 5.41) is 15.1. The van der Waals surface area contributed by atoms with E-state index in [2.05, 4.69) is 35.0 Å². The van der Waals surface area contributed by atoms with Crippen LogP contribution in [0, 0.1) is 28.6 Å². The predicted octanol–water partition coefficient (Wildman–Crippen LogP) is 4.98. The first kappa shape index (κ1) is 23.1. The number of rotatable bonds is 6. The predicted molar refractivity (Wildman–Crippen MR) is 129 cm³/mol. The minimum absolute atomic E-state index is 0.0913. The molecular formula is C27H41N3O3. The molecule has 0 bridgehead atoms. The van der Waals surface area contributed by atoms with E-state index in [0.29, 0.717) is 24.8 Å². The molecule has 6 atom stereocenters. The molecule has 1 heterocycles. The van der Waals surface area contributed by atoms with Gasteiger partial charge in [0.25, 0.3) is 0 Å². The summed E-state index contributed by atoms with van der Waals surface area (Å²) in [6, 6.07) is 0. The number of oxime groups is 1. The Kier molecular flexibility index (Phi) is 6.19. The Morgan fingerprint density at radius 1 is 1.15 bits per heavy atom. The van der Waals surface area contributed by atoms with E-state index in [-0.39, 0.29) is 16.9 Å². The first-order chi connectivity index (χ1) is 15.8. The normalized spacial score (nSPS) is 39.2. The van der Waals surface area contributed by atoms with Crippen molar-refractivity contribution in [2.45, 2.75) is 84.3 Å².